The Kier molecular flexibility index (Phi) is 8.20. The van der Waals surface area contributed by atoms with Crippen molar-refractivity contribution in [2.24, 2.45) is 0 Å². The molecule has 0 aromatic carbocycles. The molecule has 70 valence electrons. The van der Waals surface area contributed by atoms with Crippen molar-refractivity contribution in [2.45, 2.75) is 44.6 Å². The summed E-state index contributed by atoms with van der Waals surface area (Å²) in [7, 11) is 0. The van der Waals surface area contributed by atoms with E-state index in [2.05, 4.69) is 5.92 Å². The molecule has 2 N–H and O–H groups in total. The second-order valence-electron chi connectivity index (χ2n) is 2.99. The van der Waals surface area contributed by atoms with E-state index in [4.69, 9.17) is 16.6 Å². The van der Waals surface area contributed by atoms with E-state index in [1.165, 1.54) is 0 Å². The Morgan fingerprint density at radius 3 is 2.42 bits per heavy atom. The molecule has 0 fully saturated rings. The average molecular weight is 170 g/mol. The van der Waals surface area contributed by atoms with Gasteiger partial charge in [-0.15, -0.1) is 12.3 Å². The summed E-state index contributed by atoms with van der Waals surface area (Å²) >= 11 is 0. The standard InChI is InChI=1S/C10H18O2/c1-2-3-4-5-6-7-8-10(12)9-11/h1,10-12H,3-9H2. The third-order valence-corrected chi connectivity index (χ3v) is 1.82. The number of rotatable bonds is 7. The van der Waals surface area contributed by atoms with Gasteiger partial charge in [0.25, 0.3) is 0 Å². The molecule has 0 aromatic rings. The molecule has 2 heteroatoms. The summed E-state index contributed by atoms with van der Waals surface area (Å²) in [6.45, 7) is -0.121. The molecule has 0 aliphatic heterocycles. The van der Waals surface area contributed by atoms with E-state index in [9.17, 15) is 0 Å². The smallest absolute Gasteiger partial charge is 0.0770 e. The molecule has 0 aromatic heterocycles. The number of aliphatic hydroxyl groups is 2. The van der Waals surface area contributed by atoms with Crippen LogP contribution in [-0.4, -0.2) is 22.9 Å². The lowest BCUT2D eigenvalue weighted by Crippen LogP contribution is -2.10. The monoisotopic (exact) mass is 170 g/mol. The molecule has 0 saturated heterocycles. The molecule has 1 unspecified atom stereocenters. The van der Waals surface area contributed by atoms with Gasteiger partial charge in [-0.2, -0.15) is 0 Å². The Balaban J connectivity index is 2.96. The predicted molar refractivity (Wildman–Crippen MR) is 49.6 cm³/mol. The zero-order chi connectivity index (χ0) is 9.23. The number of hydrogen-bond acceptors (Lipinski definition) is 2. The van der Waals surface area contributed by atoms with Gasteiger partial charge in [-0.3, -0.25) is 0 Å². The Labute approximate surface area is 74.6 Å². The topological polar surface area (TPSA) is 40.5 Å². The molecule has 0 saturated carbocycles. The molecule has 0 amide bonds. The summed E-state index contributed by atoms with van der Waals surface area (Å²) in [6, 6.07) is 0. The fourth-order valence-electron chi connectivity index (χ4n) is 1.05. The highest BCUT2D eigenvalue weighted by atomic mass is 16.3. The third-order valence-electron chi connectivity index (χ3n) is 1.82. The van der Waals surface area contributed by atoms with Gasteiger partial charge in [-0.05, 0) is 12.8 Å². The SMILES string of the molecule is C#CCCCCCCC(O)CO. The molecule has 1 atom stereocenters. The molecule has 0 aliphatic rings. The first kappa shape index (κ1) is 11.5. The Morgan fingerprint density at radius 2 is 1.83 bits per heavy atom. The molecule has 0 spiro atoms. The van der Waals surface area contributed by atoms with Crippen LogP contribution < -0.4 is 0 Å². The summed E-state index contributed by atoms with van der Waals surface area (Å²) in [5.41, 5.74) is 0. The Morgan fingerprint density at radius 1 is 1.17 bits per heavy atom. The lowest BCUT2D eigenvalue weighted by molar-refractivity contribution is 0.0860. The van der Waals surface area contributed by atoms with Gasteiger partial charge in [-0.1, -0.05) is 19.3 Å². The molecule has 0 aliphatic carbocycles. The normalized spacial score (nSPS) is 12.4. The maximum absolute atomic E-state index is 8.98. The second kappa shape index (κ2) is 8.58. The van der Waals surface area contributed by atoms with Crippen LogP contribution in [0.15, 0.2) is 0 Å². The van der Waals surface area contributed by atoms with Gasteiger partial charge in [0.15, 0.2) is 0 Å². The van der Waals surface area contributed by atoms with Crippen molar-refractivity contribution in [2.75, 3.05) is 6.61 Å². The highest BCUT2D eigenvalue weighted by molar-refractivity contribution is 4.82. The van der Waals surface area contributed by atoms with E-state index in [1.54, 1.807) is 0 Å². The van der Waals surface area contributed by atoms with Gasteiger partial charge in [0.05, 0.1) is 12.7 Å². The molecular weight excluding hydrogens is 152 g/mol. The highest BCUT2D eigenvalue weighted by Crippen LogP contribution is 2.06. The van der Waals surface area contributed by atoms with Crippen molar-refractivity contribution < 1.29 is 10.2 Å². The number of unbranched alkanes of at least 4 members (excludes halogenated alkanes) is 4. The third kappa shape index (κ3) is 7.59. The number of aliphatic hydroxyl groups excluding tert-OH is 2. The van der Waals surface area contributed by atoms with Crippen LogP contribution in [0.25, 0.3) is 0 Å². The van der Waals surface area contributed by atoms with Crippen LogP contribution in [0.3, 0.4) is 0 Å². The first-order valence-corrected chi connectivity index (χ1v) is 4.53. The minimum absolute atomic E-state index is 0.121. The van der Waals surface area contributed by atoms with Gasteiger partial charge >= 0.3 is 0 Å². The van der Waals surface area contributed by atoms with Crippen LogP contribution in [0.1, 0.15) is 38.5 Å². The van der Waals surface area contributed by atoms with Crippen LogP contribution in [0.5, 0.6) is 0 Å². The van der Waals surface area contributed by atoms with Crippen molar-refractivity contribution in [3.63, 3.8) is 0 Å². The van der Waals surface area contributed by atoms with Crippen molar-refractivity contribution >= 4 is 0 Å². The quantitative estimate of drug-likeness (QED) is 0.447. The van der Waals surface area contributed by atoms with E-state index in [0.29, 0.717) is 6.42 Å². The average Bonchev–Trinajstić information content (AvgIpc) is 2.10. The van der Waals surface area contributed by atoms with Gasteiger partial charge in [0, 0.05) is 6.42 Å². The number of hydrogen-bond donors (Lipinski definition) is 2. The Hall–Kier alpha value is -0.520. The summed E-state index contributed by atoms with van der Waals surface area (Å²) in [5.74, 6) is 2.59. The van der Waals surface area contributed by atoms with E-state index in [-0.39, 0.29) is 6.61 Å². The molecule has 2 nitrogen and oxygen atoms in total. The van der Waals surface area contributed by atoms with Gasteiger partial charge in [-0.25, -0.2) is 0 Å². The molecule has 12 heavy (non-hydrogen) atoms. The second-order valence-corrected chi connectivity index (χ2v) is 2.99. The summed E-state index contributed by atoms with van der Waals surface area (Å²) in [5, 5.41) is 17.5. The summed E-state index contributed by atoms with van der Waals surface area (Å²) < 4.78 is 0. The maximum Gasteiger partial charge on any atom is 0.0770 e. The molecule has 0 radical (unpaired) electrons. The van der Waals surface area contributed by atoms with Crippen LogP contribution in [0.2, 0.25) is 0 Å². The van der Waals surface area contributed by atoms with Gasteiger partial charge in [0.1, 0.15) is 0 Å². The van der Waals surface area contributed by atoms with E-state index in [0.717, 1.165) is 32.1 Å². The fourth-order valence-corrected chi connectivity index (χ4v) is 1.05. The molecule has 0 bridgehead atoms. The van der Waals surface area contributed by atoms with Crippen LogP contribution >= 0.6 is 0 Å². The first-order chi connectivity index (χ1) is 5.81. The van der Waals surface area contributed by atoms with Gasteiger partial charge in [0.2, 0.25) is 0 Å². The Bertz CT molecular complexity index is 126. The van der Waals surface area contributed by atoms with Crippen LogP contribution in [0.4, 0.5) is 0 Å². The molecular formula is C10H18O2. The van der Waals surface area contributed by atoms with Crippen molar-refractivity contribution in [1.82, 2.24) is 0 Å². The zero-order valence-electron chi connectivity index (χ0n) is 7.50. The van der Waals surface area contributed by atoms with E-state index < -0.39 is 6.10 Å². The van der Waals surface area contributed by atoms with Crippen LogP contribution in [-0.2, 0) is 0 Å². The largest absolute Gasteiger partial charge is 0.394 e. The first-order valence-electron chi connectivity index (χ1n) is 4.53. The van der Waals surface area contributed by atoms with Crippen molar-refractivity contribution in [1.29, 1.82) is 0 Å². The van der Waals surface area contributed by atoms with Crippen LogP contribution in [0, 0.1) is 12.3 Å². The minimum Gasteiger partial charge on any atom is -0.394 e. The molecule has 0 rings (SSSR count). The summed E-state index contributed by atoms with van der Waals surface area (Å²) in [6.07, 6.45) is 10.4. The van der Waals surface area contributed by atoms with Gasteiger partial charge < -0.3 is 10.2 Å². The van der Waals surface area contributed by atoms with E-state index in [1.807, 2.05) is 0 Å². The molecule has 0 heterocycles. The number of terminal acetylenes is 1. The maximum atomic E-state index is 8.98. The van der Waals surface area contributed by atoms with Crippen molar-refractivity contribution in [3.05, 3.63) is 0 Å². The lowest BCUT2D eigenvalue weighted by atomic mass is 10.1. The highest BCUT2D eigenvalue weighted by Gasteiger charge is 1.99. The van der Waals surface area contributed by atoms with Crippen molar-refractivity contribution in [3.8, 4) is 12.3 Å². The van der Waals surface area contributed by atoms with E-state index >= 15 is 0 Å². The zero-order valence-corrected chi connectivity index (χ0v) is 7.50. The predicted octanol–water partition coefficient (Wildman–Crippen LogP) is 1.31. The summed E-state index contributed by atoms with van der Waals surface area (Å²) in [4.78, 5) is 0. The lowest BCUT2D eigenvalue weighted by Gasteiger charge is -2.05. The fraction of sp³-hybridized carbons (Fsp3) is 0.800. The minimum atomic E-state index is -0.530.